The Bertz CT molecular complexity index is 630. The van der Waals surface area contributed by atoms with Gasteiger partial charge in [0.2, 0.25) is 0 Å². The first-order valence-electron chi connectivity index (χ1n) is 8.22. The first-order chi connectivity index (χ1) is 11.1. The molecule has 3 rings (SSSR count). The topological polar surface area (TPSA) is 63.7 Å². The normalized spacial score (nSPS) is 23.1. The number of hydrogen-bond donors (Lipinski definition) is 0. The van der Waals surface area contributed by atoms with Gasteiger partial charge in [-0.15, -0.1) is 0 Å². The Morgan fingerprint density at radius 3 is 2.43 bits per heavy atom. The molecule has 0 bridgehead atoms. The smallest absolute Gasteiger partial charge is 0.251 e. The minimum Gasteiger partial charge on any atom is -0.368 e. The first-order valence-corrected chi connectivity index (χ1v) is 9.94. The van der Waals surface area contributed by atoms with Gasteiger partial charge in [0.1, 0.15) is 6.10 Å². The Hall–Kier alpha value is -1.40. The molecule has 0 saturated carbocycles. The molecule has 126 valence electrons. The monoisotopic (exact) mass is 337 g/mol. The van der Waals surface area contributed by atoms with Crippen LogP contribution in [0.3, 0.4) is 0 Å². The van der Waals surface area contributed by atoms with Crippen molar-refractivity contribution >= 4 is 15.7 Å². The average molecular weight is 337 g/mol. The average Bonchev–Trinajstić information content (AvgIpc) is 3.09. The van der Waals surface area contributed by atoms with E-state index in [-0.39, 0.29) is 23.0 Å². The summed E-state index contributed by atoms with van der Waals surface area (Å²) in [5, 5.41) is -0.351. The maximum absolute atomic E-state index is 12.6. The molecule has 2 aliphatic heterocycles. The Balaban J connectivity index is 1.56. The molecular formula is C17H23NO4S. The number of carbonyl (C=O) groups excluding carboxylic acids is 1. The maximum atomic E-state index is 12.6. The summed E-state index contributed by atoms with van der Waals surface area (Å²) in [6.07, 6.45) is 2.44. The molecule has 1 aromatic rings. The van der Waals surface area contributed by atoms with Crippen molar-refractivity contribution in [1.82, 2.24) is 4.90 Å². The third kappa shape index (κ3) is 3.93. The molecular weight excluding hydrogens is 314 g/mol. The molecule has 2 fully saturated rings. The van der Waals surface area contributed by atoms with Crippen molar-refractivity contribution in [3.8, 4) is 0 Å². The predicted octanol–water partition coefficient (Wildman–Crippen LogP) is 1.77. The van der Waals surface area contributed by atoms with Crippen LogP contribution in [-0.2, 0) is 25.1 Å². The van der Waals surface area contributed by atoms with Gasteiger partial charge in [-0.05, 0) is 31.2 Å². The summed E-state index contributed by atoms with van der Waals surface area (Å²) < 4.78 is 30.6. The van der Waals surface area contributed by atoms with E-state index in [2.05, 4.69) is 0 Å². The number of nitrogens with zero attached hydrogens (tertiary/aromatic N) is 1. The van der Waals surface area contributed by atoms with E-state index in [9.17, 15) is 13.2 Å². The van der Waals surface area contributed by atoms with E-state index in [4.69, 9.17) is 4.74 Å². The van der Waals surface area contributed by atoms with Crippen LogP contribution in [0.1, 0.15) is 31.2 Å². The van der Waals surface area contributed by atoms with Gasteiger partial charge in [-0.1, -0.05) is 30.3 Å². The van der Waals surface area contributed by atoms with Crippen LogP contribution in [0.4, 0.5) is 0 Å². The lowest BCUT2D eigenvalue weighted by Crippen LogP contribution is -2.46. The van der Waals surface area contributed by atoms with E-state index in [0.717, 1.165) is 18.4 Å². The molecule has 23 heavy (non-hydrogen) atoms. The molecule has 1 unspecified atom stereocenters. The van der Waals surface area contributed by atoms with Gasteiger partial charge < -0.3 is 9.64 Å². The van der Waals surface area contributed by atoms with Gasteiger partial charge in [-0.2, -0.15) is 0 Å². The molecule has 5 nitrogen and oxygen atoms in total. The van der Waals surface area contributed by atoms with Crippen molar-refractivity contribution in [3.63, 3.8) is 0 Å². The Morgan fingerprint density at radius 1 is 1.13 bits per heavy atom. The highest BCUT2D eigenvalue weighted by Gasteiger charge is 2.34. The molecule has 2 aliphatic rings. The summed E-state index contributed by atoms with van der Waals surface area (Å²) in [6, 6.07) is 9.27. The Morgan fingerprint density at radius 2 is 1.83 bits per heavy atom. The zero-order valence-corrected chi connectivity index (χ0v) is 14.0. The highest BCUT2D eigenvalue weighted by atomic mass is 32.2. The standard InChI is InChI=1S/C17H23NO4S/c19-17(16-7-4-12-22-16)18-10-8-15(9-11-18)23(20,21)13-14-5-2-1-3-6-14/h1-3,5-6,15-16H,4,7-13H2. The third-order valence-corrected chi connectivity index (χ3v) is 6.90. The van der Waals surface area contributed by atoms with Crippen LogP contribution in [0, 0.1) is 0 Å². The molecule has 1 amide bonds. The van der Waals surface area contributed by atoms with E-state index < -0.39 is 9.84 Å². The molecule has 2 heterocycles. The van der Waals surface area contributed by atoms with Crippen molar-refractivity contribution in [2.45, 2.75) is 42.8 Å². The number of hydrogen-bond acceptors (Lipinski definition) is 4. The van der Waals surface area contributed by atoms with Crippen LogP contribution in [0.5, 0.6) is 0 Å². The second-order valence-electron chi connectivity index (χ2n) is 6.32. The molecule has 1 aromatic carbocycles. The highest BCUT2D eigenvalue weighted by molar-refractivity contribution is 7.91. The highest BCUT2D eigenvalue weighted by Crippen LogP contribution is 2.23. The number of carbonyl (C=O) groups is 1. The van der Waals surface area contributed by atoms with Crippen LogP contribution in [0.2, 0.25) is 0 Å². The quantitative estimate of drug-likeness (QED) is 0.840. The summed E-state index contributed by atoms with van der Waals surface area (Å²) in [7, 11) is -3.17. The van der Waals surface area contributed by atoms with Crippen molar-refractivity contribution in [3.05, 3.63) is 35.9 Å². The van der Waals surface area contributed by atoms with Crippen LogP contribution in [0.15, 0.2) is 30.3 Å². The van der Waals surface area contributed by atoms with Gasteiger partial charge >= 0.3 is 0 Å². The van der Waals surface area contributed by atoms with Gasteiger partial charge in [0.15, 0.2) is 9.84 Å². The Kier molecular flexibility index (Phi) is 5.02. The third-order valence-electron chi connectivity index (χ3n) is 4.68. The summed E-state index contributed by atoms with van der Waals surface area (Å²) in [6.45, 7) is 1.67. The van der Waals surface area contributed by atoms with Crippen LogP contribution >= 0.6 is 0 Å². The van der Waals surface area contributed by atoms with Gasteiger partial charge in [0.05, 0.1) is 11.0 Å². The lowest BCUT2D eigenvalue weighted by atomic mass is 10.1. The summed E-state index contributed by atoms with van der Waals surface area (Å²) in [4.78, 5) is 14.1. The van der Waals surface area contributed by atoms with E-state index in [1.54, 1.807) is 4.90 Å². The molecule has 0 radical (unpaired) electrons. The van der Waals surface area contributed by atoms with Crippen LogP contribution in [0.25, 0.3) is 0 Å². The first kappa shape index (κ1) is 16.5. The van der Waals surface area contributed by atoms with E-state index in [1.807, 2.05) is 30.3 Å². The number of piperidine rings is 1. The van der Waals surface area contributed by atoms with Gasteiger partial charge in [0.25, 0.3) is 5.91 Å². The fourth-order valence-electron chi connectivity index (χ4n) is 3.34. The molecule has 0 N–H and O–H groups in total. The summed E-state index contributed by atoms with van der Waals surface area (Å²) in [5.74, 6) is 0.111. The lowest BCUT2D eigenvalue weighted by molar-refractivity contribution is -0.141. The second kappa shape index (κ2) is 7.01. The number of ether oxygens (including phenoxy) is 1. The van der Waals surface area contributed by atoms with Crippen LogP contribution < -0.4 is 0 Å². The molecule has 1 atom stereocenters. The van der Waals surface area contributed by atoms with Gasteiger partial charge in [0, 0.05) is 19.7 Å². The van der Waals surface area contributed by atoms with Crippen molar-refractivity contribution < 1.29 is 17.9 Å². The number of rotatable bonds is 4. The molecule has 0 spiro atoms. The number of amides is 1. The fraction of sp³-hybridized carbons (Fsp3) is 0.588. The molecule has 2 saturated heterocycles. The summed E-state index contributed by atoms with van der Waals surface area (Å²) in [5.41, 5.74) is 0.824. The summed E-state index contributed by atoms with van der Waals surface area (Å²) >= 11 is 0. The van der Waals surface area contributed by atoms with E-state index >= 15 is 0 Å². The fourth-order valence-corrected chi connectivity index (χ4v) is 5.16. The van der Waals surface area contributed by atoms with E-state index in [0.29, 0.717) is 32.5 Å². The van der Waals surface area contributed by atoms with Crippen molar-refractivity contribution in [1.29, 1.82) is 0 Å². The molecule has 0 aromatic heterocycles. The van der Waals surface area contributed by atoms with Crippen molar-refractivity contribution in [2.75, 3.05) is 19.7 Å². The van der Waals surface area contributed by atoms with Gasteiger partial charge in [-0.25, -0.2) is 8.42 Å². The SMILES string of the molecule is O=C(C1CCCO1)N1CCC(S(=O)(=O)Cc2ccccc2)CC1. The molecule has 6 heteroatoms. The minimum atomic E-state index is -3.17. The zero-order valence-electron chi connectivity index (χ0n) is 13.2. The predicted molar refractivity (Wildman–Crippen MR) is 87.6 cm³/mol. The van der Waals surface area contributed by atoms with Crippen molar-refractivity contribution in [2.24, 2.45) is 0 Å². The van der Waals surface area contributed by atoms with Crippen LogP contribution in [-0.4, -0.2) is 50.3 Å². The molecule has 0 aliphatic carbocycles. The van der Waals surface area contributed by atoms with E-state index in [1.165, 1.54) is 0 Å². The van der Waals surface area contributed by atoms with Gasteiger partial charge in [-0.3, -0.25) is 4.79 Å². The lowest BCUT2D eigenvalue weighted by Gasteiger charge is -2.33. The largest absolute Gasteiger partial charge is 0.368 e. The number of likely N-dealkylation sites (tertiary alicyclic amines) is 1. The zero-order chi connectivity index (χ0) is 16.3. The number of sulfone groups is 1. The Labute approximate surface area is 137 Å². The second-order valence-corrected chi connectivity index (χ2v) is 8.60. The minimum absolute atomic E-state index is 0.0291. The maximum Gasteiger partial charge on any atom is 0.251 e. The number of benzene rings is 1.